The summed E-state index contributed by atoms with van der Waals surface area (Å²) in [5.41, 5.74) is 0.674. The highest BCUT2D eigenvalue weighted by atomic mass is 16.5. The quantitative estimate of drug-likeness (QED) is 0.668. The molecule has 2 heteroatoms. The lowest BCUT2D eigenvalue weighted by Crippen LogP contribution is -1.90. The van der Waals surface area contributed by atoms with Crippen molar-refractivity contribution in [3.05, 3.63) is 29.8 Å². The highest BCUT2D eigenvalue weighted by Crippen LogP contribution is 2.10. The summed E-state index contributed by atoms with van der Waals surface area (Å²) >= 11 is 0. The molecule has 0 unspecified atom stereocenters. The lowest BCUT2D eigenvalue weighted by molar-refractivity contribution is 0.112. The molecule has 0 heterocycles. The molecule has 72 valence electrons. The van der Waals surface area contributed by atoms with Crippen molar-refractivity contribution in [3.8, 4) is 5.75 Å². The molecule has 0 spiro atoms. The number of hydrogen-bond acceptors (Lipinski definition) is 2. The smallest absolute Gasteiger partial charge is 0.150 e. The van der Waals surface area contributed by atoms with Gasteiger partial charge in [-0.25, -0.2) is 0 Å². The van der Waals surface area contributed by atoms with E-state index in [1.165, 1.54) is 0 Å². The van der Waals surface area contributed by atoms with Crippen molar-refractivity contribution < 1.29 is 9.53 Å². The van der Waals surface area contributed by atoms with Gasteiger partial charge in [0.05, 0.1) is 6.61 Å². The fourth-order valence-electron chi connectivity index (χ4n) is 0.809. The minimum absolute atomic E-state index is 0.653. The van der Waals surface area contributed by atoms with Crippen LogP contribution in [0.1, 0.15) is 31.1 Å². The van der Waals surface area contributed by atoms with Gasteiger partial charge in [0.2, 0.25) is 0 Å². The summed E-state index contributed by atoms with van der Waals surface area (Å²) in [6.45, 7) is 6.58. The lowest BCUT2D eigenvalue weighted by atomic mass is 10.2. The molecule has 0 N–H and O–H groups in total. The van der Waals surface area contributed by atoms with E-state index >= 15 is 0 Å². The summed E-state index contributed by atoms with van der Waals surface area (Å²) in [6.07, 6.45) is 0.815. The minimum atomic E-state index is 0.653. The van der Waals surface area contributed by atoms with Crippen molar-refractivity contribution in [1.29, 1.82) is 0 Å². The third-order valence-corrected chi connectivity index (χ3v) is 1.33. The van der Waals surface area contributed by atoms with Gasteiger partial charge in [-0.1, -0.05) is 13.8 Å². The van der Waals surface area contributed by atoms with Gasteiger partial charge in [0, 0.05) is 5.56 Å². The van der Waals surface area contributed by atoms with Crippen LogP contribution in [-0.4, -0.2) is 12.9 Å². The van der Waals surface area contributed by atoms with E-state index in [-0.39, 0.29) is 0 Å². The van der Waals surface area contributed by atoms with Crippen LogP contribution in [0.15, 0.2) is 24.3 Å². The first-order chi connectivity index (χ1) is 6.36. The highest BCUT2D eigenvalue weighted by Gasteiger charge is 1.91. The SMILES string of the molecule is CC.CCOc1ccc(C=O)cc1. The Morgan fingerprint density at radius 3 is 2.15 bits per heavy atom. The van der Waals surface area contributed by atoms with Crippen LogP contribution in [0, 0.1) is 0 Å². The number of carbonyl (C=O) groups excluding carboxylic acids is 1. The maximum Gasteiger partial charge on any atom is 0.150 e. The standard InChI is InChI=1S/C9H10O2.C2H6/c1-2-11-9-5-3-8(7-10)4-6-9;1-2/h3-7H,2H2,1H3;1-2H3. The molecular weight excluding hydrogens is 164 g/mol. The number of benzene rings is 1. The first kappa shape index (κ1) is 11.7. The topological polar surface area (TPSA) is 26.3 Å². The molecule has 1 aromatic rings. The molecule has 0 aliphatic carbocycles. The number of rotatable bonds is 3. The Bertz CT molecular complexity index is 226. The predicted molar refractivity (Wildman–Crippen MR) is 54.3 cm³/mol. The van der Waals surface area contributed by atoms with Crippen LogP contribution in [0.5, 0.6) is 5.75 Å². The highest BCUT2D eigenvalue weighted by molar-refractivity contribution is 5.74. The van der Waals surface area contributed by atoms with E-state index in [1.807, 2.05) is 20.8 Å². The zero-order chi connectivity index (χ0) is 10.1. The second-order valence-corrected chi connectivity index (χ2v) is 2.12. The van der Waals surface area contributed by atoms with Crippen LogP contribution in [0.25, 0.3) is 0 Å². The van der Waals surface area contributed by atoms with Crippen molar-refractivity contribution in [1.82, 2.24) is 0 Å². The van der Waals surface area contributed by atoms with Crippen molar-refractivity contribution in [2.45, 2.75) is 20.8 Å². The van der Waals surface area contributed by atoms with E-state index in [0.717, 1.165) is 12.0 Å². The molecule has 0 radical (unpaired) electrons. The van der Waals surface area contributed by atoms with E-state index in [1.54, 1.807) is 24.3 Å². The zero-order valence-corrected chi connectivity index (χ0v) is 8.41. The summed E-state index contributed by atoms with van der Waals surface area (Å²) < 4.78 is 5.19. The second kappa shape index (κ2) is 7.35. The van der Waals surface area contributed by atoms with Gasteiger partial charge in [-0.15, -0.1) is 0 Å². The van der Waals surface area contributed by atoms with Crippen LogP contribution in [0.4, 0.5) is 0 Å². The Morgan fingerprint density at radius 1 is 1.23 bits per heavy atom. The van der Waals surface area contributed by atoms with Gasteiger partial charge < -0.3 is 4.74 Å². The molecule has 0 fully saturated rings. The van der Waals surface area contributed by atoms with Crippen LogP contribution in [-0.2, 0) is 0 Å². The number of carbonyl (C=O) groups is 1. The molecule has 0 saturated heterocycles. The van der Waals surface area contributed by atoms with Gasteiger partial charge in [-0.2, -0.15) is 0 Å². The molecule has 0 aromatic heterocycles. The van der Waals surface area contributed by atoms with E-state index in [9.17, 15) is 4.79 Å². The van der Waals surface area contributed by atoms with Crippen molar-refractivity contribution in [2.75, 3.05) is 6.61 Å². The molecule has 0 saturated carbocycles. The summed E-state index contributed by atoms with van der Waals surface area (Å²) in [5.74, 6) is 0.804. The largest absolute Gasteiger partial charge is 0.494 e. The van der Waals surface area contributed by atoms with Gasteiger partial charge in [-0.3, -0.25) is 4.79 Å². The van der Waals surface area contributed by atoms with Gasteiger partial charge in [0.25, 0.3) is 0 Å². The molecule has 0 atom stereocenters. The fourth-order valence-corrected chi connectivity index (χ4v) is 0.809. The van der Waals surface area contributed by atoms with Crippen LogP contribution >= 0.6 is 0 Å². The van der Waals surface area contributed by atoms with E-state index in [2.05, 4.69) is 0 Å². The zero-order valence-electron chi connectivity index (χ0n) is 8.41. The number of hydrogen-bond donors (Lipinski definition) is 0. The molecule has 0 aliphatic heterocycles. The number of aldehydes is 1. The van der Waals surface area contributed by atoms with Crippen LogP contribution in [0.2, 0.25) is 0 Å². The average molecular weight is 180 g/mol. The van der Waals surface area contributed by atoms with Gasteiger partial charge in [0.15, 0.2) is 0 Å². The maximum absolute atomic E-state index is 10.2. The Kier molecular flexibility index (Phi) is 6.60. The Hall–Kier alpha value is -1.31. The molecule has 13 heavy (non-hydrogen) atoms. The normalized spacial score (nSPS) is 8.23. The lowest BCUT2D eigenvalue weighted by Gasteiger charge is -2.00. The predicted octanol–water partition coefficient (Wildman–Crippen LogP) is 2.92. The van der Waals surface area contributed by atoms with Gasteiger partial charge >= 0.3 is 0 Å². The first-order valence-electron chi connectivity index (χ1n) is 4.55. The summed E-state index contributed by atoms with van der Waals surface area (Å²) in [5, 5.41) is 0. The first-order valence-corrected chi connectivity index (χ1v) is 4.55. The number of ether oxygens (including phenoxy) is 1. The summed E-state index contributed by atoms with van der Waals surface area (Å²) in [6, 6.07) is 7.04. The Morgan fingerprint density at radius 2 is 1.77 bits per heavy atom. The van der Waals surface area contributed by atoms with E-state index < -0.39 is 0 Å². The molecular formula is C11H16O2. The van der Waals surface area contributed by atoms with Gasteiger partial charge in [-0.05, 0) is 31.2 Å². The summed E-state index contributed by atoms with van der Waals surface area (Å²) in [4.78, 5) is 10.2. The minimum Gasteiger partial charge on any atom is -0.494 e. The molecule has 0 aliphatic rings. The molecule has 1 rings (SSSR count). The Balaban J connectivity index is 0.000000671. The van der Waals surface area contributed by atoms with Crippen molar-refractivity contribution in [2.24, 2.45) is 0 Å². The van der Waals surface area contributed by atoms with Gasteiger partial charge in [0.1, 0.15) is 12.0 Å². The third kappa shape index (κ3) is 4.31. The van der Waals surface area contributed by atoms with E-state index in [0.29, 0.717) is 12.2 Å². The molecule has 2 nitrogen and oxygen atoms in total. The van der Waals surface area contributed by atoms with Crippen molar-refractivity contribution >= 4 is 6.29 Å². The Labute approximate surface area is 79.5 Å². The average Bonchev–Trinajstić information content (AvgIpc) is 2.23. The third-order valence-electron chi connectivity index (χ3n) is 1.33. The van der Waals surface area contributed by atoms with Crippen LogP contribution < -0.4 is 4.74 Å². The monoisotopic (exact) mass is 180 g/mol. The summed E-state index contributed by atoms with van der Waals surface area (Å²) in [7, 11) is 0. The van der Waals surface area contributed by atoms with Crippen molar-refractivity contribution in [3.63, 3.8) is 0 Å². The second-order valence-electron chi connectivity index (χ2n) is 2.12. The molecule has 0 amide bonds. The fraction of sp³-hybridized carbons (Fsp3) is 0.364. The van der Waals surface area contributed by atoms with Crippen LogP contribution in [0.3, 0.4) is 0 Å². The molecule has 1 aromatic carbocycles. The van der Waals surface area contributed by atoms with E-state index in [4.69, 9.17) is 4.74 Å². The molecule has 0 bridgehead atoms. The maximum atomic E-state index is 10.2.